The van der Waals surface area contributed by atoms with Gasteiger partial charge in [0.2, 0.25) is 0 Å². The summed E-state index contributed by atoms with van der Waals surface area (Å²) in [4.78, 5) is 4.50. The number of aromatic hydroxyl groups is 1. The van der Waals surface area contributed by atoms with Gasteiger partial charge in [-0.25, -0.2) is 0 Å². The standard InChI is InChI=1S/C16H20N2O2/c1-10-5-3-7-12(9-10)15-17-16(20-18-15)13-8-4-6-11(2)14(13)19/h4,6,8,10,12,19H,3,5,7,9H2,1-2H3. The van der Waals surface area contributed by atoms with Crippen molar-refractivity contribution < 1.29 is 9.63 Å². The first-order valence-corrected chi connectivity index (χ1v) is 7.27. The largest absolute Gasteiger partial charge is 0.507 e. The second-order valence-corrected chi connectivity index (χ2v) is 5.90. The third-order valence-electron chi connectivity index (χ3n) is 4.21. The molecule has 1 saturated carbocycles. The van der Waals surface area contributed by atoms with Crippen molar-refractivity contribution in [3.05, 3.63) is 29.6 Å². The second kappa shape index (κ2) is 5.27. The number of para-hydroxylation sites is 1. The first kappa shape index (κ1) is 13.2. The van der Waals surface area contributed by atoms with Crippen LogP contribution in [0.4, 0.5) is 0 Å². The van der Waals surface area contributed by atoms with Gasteiger partial charge in [-0.15, -0.1) is 0 Å². The zero-order valence-corrected chi connectivity index (χ0v) is 12.0. The van der Waals surface area contributed by atoms with E-state index in [2.05, 4.69) is 17.1 Å². The molecule has 2 atom stereocenters. The molecule has 1 N–H and O–H groups in total. The normalized spacial score (nSPS) is 22.9. The van der Waals surface area contributed by atoms with Crippen molar-refractivity contribution >= 4 is 0 Å². The highest BCUT2D eigenvalue weighted by Crippen LogP contribution is 2.36. The number of hydrogen-bond acceptors (Lipinski definition) is 4. The maximum absolute atomic E-state index is 10.1. The minimum atomic E-state index is 0.222. The van der Waals surface area contributed by atoms with Crippen LogP contribution < -0.4 is 0 Å². The van der Waals surface area contributed by atoms with E-state index in [0.717, 1.165) is 30.1 Å². The van der Waals surface area contributed by atoms with Crippen LogP contribution in [-0.2, 0) is 0 Å². The number of rotatable bonds is 2. The molecule has 1 heterocycles. The summed E-state index contributed by atoms with van der Waals surface area (Å²) in [6.07, 6.45) is 4.77. The van der Waals surface area contributed by atoms with Crippen molar-refractivity contribution in [2.24, 2.45) is 5.92 Å². The number of hydrogen-bond donors (Lipinski definition) is 1. The first-order valence-electron chi connectivity index (χ1n) is 7.27. The Labute approximate surface area is 118 Å². The Balaban J connectivity index is 1.88. The van der Waals surface area contributed by atoms with Crippen LogP contribution in [0.2, 0.25) is 0 Å². The van der Waals surface area contributed by atoms with Gasteiger partial charge in [-0.05, 0) is 37.3 Å². The molecule has 0 saturated heterocycles. The third-order valence-corrected chi connectivity index (χ3v) is 4.21. The van der Waals surface area contributed by atoms with E-state index in [-0.39, 0.29) is 5.75 Å². The molecule has 0 radical (unpaired) electrons. The molecule has 1 aromatic carbocycles. The van der Waals surface area contributed by atoms with Crippen LogP contribution in [-0.4, -0.2) is 15.2 Å². The number of aromatic nitrogens is 2. The zero-order valence-electron chi connectivity index (χ0n) is 12.0. The van der Waals surface area contributed by atoms with E-state index in [9.17, 15) is 5.11 Å². The highest BCUT2D eigenvalue weighted by molar-refractivity contribution is 5.64. The van der Waals surface area contributed by atoms with Gasteiger partial charge in [-0.3, -0.25) is 0 Å². The number of phenolic OH excluding ortho intramolecular Hbond substituents is 1. The Kier molecular flexibility index (Phi) is 3.47. The van der Waals surface area contributed by atoms with Gasteiger partial charge in [0, 0.05) is 5.92 Å². The quantitative estimate of drug-likeness (QED) is 0.896. The van der Waals surface area contributed by atoms with Crippen LogP contribution in [0.1, 0.15) is 49.9 Å². The van der Waals surface area contributed by atoms with Gasteiger partial charge in [0.25, 0.3) is 5.89 Å². The number of aryl methyl sites for hydroxylation is 1. The SMILES string of the molecule is Cc1cccc(-c2nc(C3CCCC(C)C3)no2)c1O. The third kappa shape index (κ3) is 2.42. The van der Waals surface area contributed by atoms with E-state index in [4.69, 9.17) is 4.52 Å². The van der Waals surface area contributed by atoms with Crippen LogP contribution in [0.3, 0.4) is 0 Å². The van der Waals surface area contributed by atoms with Gasteiger partial charge in [0.05, 0.1) is 5.56 Å². The summed E-state index contributed by atoms with van der Waals surface area (Å²) in [5, 5.41) is 14.2. The highest BCUT2D eigenvalue weighted by atomic mass is 16.5. The van der Waals surface area contributed by atoms with Gasteiger partial charge in [0.15, 0.2) is 5.82 Å². The summed E-state index contributed by atoms with van der Waals surface area (Å²) in [6.45, 7) is 4.14. The molecule has 0 aliphatic heterocycles. The first-order chi connectivity index (χ1) is 9.65. The topological polar surface area (TPSA) is 59.2 Å². The van der Waals surface area contributed by atoms with Crippen molar-refractivity contribution in [2.75, 3.05) is 0 Å². The van der Waals surface area contributed by atoms with Crippen molar-refractivity contribution in [1.29, 1.82) is 0 Å². The summed E-state index contributed by atoms with van der Waals surface area (Å²) in [5.74, 6) is 2.54. The molecule has 20 heavy (non-hydrogen) atoms. The van der Waals surface area contributed by atoms with Gasteiger partial charge in [0.1, 0.15) is 5.75 Å². The number of benzene rings is 1. The Bertz CT molecular complexity index is 606. The number of nitrogens with zero attached hydrogens (tertiary/aromatic N) is 2. The predicted molar refractivity (Wildman–Crippen MR) is 76.5 cm³/mol. The van der Waals surface area contributed by atoms with Crippen molar-refractivity contribution in [3.8, 4) is 17.2 Å². The van der Waals surface area contributed by atoms with Gasteiger partial charge in [-0.2, -0.15) is 4.98 Å². The van der Waals surface area contributed by atoms with Crippen LogP contribution in [0, 0.1) is 12.8 Å². The Hall–Kier alpha value is -1.84. The molecule has 1 fully saturated rings. The van der Waals surface area contributed by atoms with Crippen LogP contribution in [0.15, 0.2) is 22.7 Å². The number of phenols is 1. The van der Waals surface area contributed by atoms with Gasteiger partial charge >= 0.3 is 0 Å². The van der Waals surface area contributed by atoms with Crippen LogP contribution in [0.25, 0.3) is 11.5 Å². The van der Waals surface area contributed by atoms with Gasteiger partial charge in [-0.1, -0.05) is 37.1 Å². The predicted octanol–water partition coefficient (Wildman–Crippen LogP) is 4.04. The fourth-order valence-electron chi connectivity index (χ4n) is 3.01. The zero-order chi connectivity index (χ0) is 14.1. The average molecular weight is 272 g/mol. The molecule has 1 aliphatic rings. The Morgan fingerprint density at radius 3 is 2.95 bits per heavy atom. The van der Waals surface area contributed by atoms with Crippen molar-refractivity contribution in [2.45, 2.75) is 45.4 Å². The maximum atomic E-state index is 10.1. The lowest BCUT2D eigenvalue weighted by molar-refractivity contribution is 0.324. The molecule has 2 unspecified atom stereocenters. The van der Waals surface area contributed by atoms with E-state index in [1.165, 1.54) is 12.8 Å². The minimum Gasteiger partial charge on any atom is -0.507 e. The molecule has 106 valence electrons. The fourth-order valence-corrected chi connectivity index (χ4v) is 3.01. The molecule has 4 heteroatoms. The molecule has 4 nitrogen and oxygen atoms in total. The summed E-state index contributed by atoms with van der Waals surface area (Å²) in [5.41, 5.74) is 1.43. The summed E-state index contributed by atoms with van der Waals surface area (Å²) in [7, 11) is 0. The Morgan fingerprint density at radius 2 is 2.15 bits per heavy atom. The van der Waals surface area contributed by atoms with E-state index >= 15 is 0 Å². The minimum absolute atomic E-state index is 0.222. The molecular formula is C16H20N2O2. The lowest BCUT2D eigenvalue weighted by Crippen LogP contribution is -2.12. The Morgan fingerprint density at radius 1 is 1.30 bits per heavy atom. The fraction of sp³-hybridized carbons (Fsp3) is 0.500. The molecule has 0 amide bonds. The van der Waals surface area contributed by atoms with Gasteiger partial charge < -0.3 is 9.63 Å². The monoisotopic (exact) mass is 272 g/mol. The van der Waals surface area contributed by atoms with E-state index in [1.807, 2.05) is 25.1 Å². The highest BCUT2D eigenvalue weighted by Gasteiger charge is 2.25. The van der Waals surface area contributed by atoms with Crippen LogP contribution >= 0.6 is 0 Å². The summed E-state index contributed by atoms with van der Waals surface area (Å²) >= 11 is 0. The molecule has 0 spiro atoms. The summed E-state index contributed by atoms with van der Waals surface area (Å²) in [6, 6.07) is 5.55. The van der Waals surface area contributed by atoms with Crippen molar-refractivity contribution in [1.82, 2.24) is 10.1 Å². The molecular weight excluding hydrogens is 252 g/mol. The summed E-state index contributed by atoms with van der Waals surface area (Å²) < 4.78 is 5.35. The van der Waals surface area contributed by atoms with Crippen LogP contribution in [0.5, 0.6) is 5.75 Å². The van der Waals surface area contributed by atoms with E-state index in [1.54, 1.807) is 0 Å². The molecule has 1 aromatic heterocycles. The van der Waals surface area contributed by atoms with E-state index in [0.29, 0.717) is 17.4 Å². The maximum Gasteiger partial charge on any atom is 0.261 e. The van der Waals surface area contributed by atoms with E-state index < -0.39 is 0 Å². The lowest BCUT2D eigenvalue weighted by atomic mass is 9.82. The molecule has 2 aromatic rings. The molecule has 1 aliphatic carbocycles. The smallest absolute Gasteiger partial charge is 0.261 e. The lowest BCUT2D eigenvalue weighted by Gasteiger charge is -2.23. The van der Waals surface area contributed by atoms with Crippen molar-refractivity contribution in [3.63, 3.8) is 0 Å². The molecule has 0 bridgehead atoms. The second-order valence-electron chi connectivity index (χ2n) is 5.90. The average Bonchev–Trinajstić information content (AvgIpc) is 2.91. The molecule has 3 rings (SSSR count).